The highest BCUT2D eigenvalue weighted by Crippen LogP contribution is 2.25. The Bertz CT molecular complexity index is 463. The topological polar surface area (TPSA) is 15.3 Å². The van der Waals surface area contributed by atoms with E-state index in [4.69, 9.17) is 0 Å². The Balaban J connectivity index is 1.48. The van der Waals surface area contributed by atoms with Crippen LogP contribution in [-0.2, 0) is 12.8 Å². The molecule has 1 aliphatic carbocycles. The maximum Gasteiger partial charge on any atom is 0.0292 e. The molecule has 1 N–H and O–H groups in total. The first-order chi connectivity index (χ1) is 10.2. The summed E-state index contributed by atoms with van der Waals surface area (Å²) in [6.45, 7) is 9.67. The average Bonchev–Trinajstić information content (AvgIpc) is 3.14. The van der Waals surface area contributed by atoms with E-state index in [9.17, 15) is 0 Å². The van der Waals surface area contributed by atoms with Gasteiger partial charge in [-0.25, -0.2) is 0 Å². The van der Waals surface area contributed by atoms with Gasteiger partial charge in [-0.2, -0.15) is 0 Å². The number of benzene rings is 1. The quantitative estimate of drug-likeness (QED) is 0.860. The maximum absolute atomic E-state index is 3.74. The van der Waals surface area contributed by atoms with Crippen LogP contribution in [0.5, 0.6) is 0 Å². The molecule has 21 heavy (non-hydrogen) atoms. The lowest BCUT2D eigenvalue weighted by Crippen LogP contribution is -2.32. The maximum atomic E-state index is 3.74. The summed E-state index contributed by atoms with van der Waals surface area (Å²) in [4.78, 5) is 2.62. The molecule has 3 rings (SSSR count). The number of aryl methyl sites for hydroxylation is 2. The minimum Gasteiger partial charge on any atom is -0.310 e. The Labute approximate surface area is 129 Å². The van der Waals surface area contributed by atoms with Gasteiger partial charge >= 0.3 is 0 Å². The molecule has 0 saturated carbocycles. The van der Waals surface area contributed by atoms with Crippen molar-refractivity contribution in [3.8, 4) is 0 Å². The van der Waals surface area contributed by atoms with Crippen molar-refractivity contribution < 1.29 is 0 Å². The smallest absolute Gasteiger partial charge is 0.0292 e. The molecule has 1 heterocycles. The van der Waals surface area contributed by atoms with Gasteiger partial charge in [0.25, 0.3) is 0 Å². The molecule has 0 spiro atoms. The third kappa shape index (κ3) is 3.87. The molecule has 1 fully saturated rings. The van der Waals surface area contributed by atoms with Crippen LogP contribution in [0.1, 0.15) is 55.8 Å². The van der Waals surface area contributed by atoms with Gasteiger partial charge in [0, 0.05) is 12.6 Å². The number of hydrogen-bond acceptors (Lipinski definition) is 2. The highest BCUT2D eigenvalue weighted by atomic mass is 15.1. The number of likely N-dealkylation sites (tertiary alicyclic amines) is 1. The van der Waals surface area contributed by atoms with Crippen LogP contribution in [0.3, 0.4) is 0 Å². The first-order valence-electron chi connectivity index (χ1n) is 8.80. The minimum absolute atomic E-state index is 0.469. The third-order valence-corrected chi connectivity index (χ3v) is 5.16. The molecule has 0 aromatic heterocycles. The van der Waals surface area contributed by atoms with Gasteiger partial charge in [0.1, 0.15) is 0 Å². The Morgan fingerprint density at radius 2 is 1.81 bits per heavy atom. The summed E-state index contributed by atoms with van der Waals surface area (Å²) >= 11 is 0. The zero-order valence-corrected chi connectivity index (χ0v) is 13.7. The second-order valence-corrected chi connectivity index (χ2v) is 7.12. The lowest BCUT2D eigenvalue weighted by atomic mass is 10.0. The van der Waals surface area contributed by atoms with E-state index in [-0.39, 0.29) is 0 Å². The molecule has 2 atom stereocenters. The van der Waals surface area contributed by atoms with E-state index in [1.165, 1.54) is 57.3 Å². The first-order valence-corrected chi connectivity index (χ1v) is 8.80. The molecule has 0 amide bonds. The van der Waals surface area contributed by atoms with E-state index in [2.05, 4.69) is 42.3 Å². The zero-order chi connectivity index (χ0) is 14.7. The van der Waals surface area contributed by atoms with Crippen LogP contribution < -0.4 is 5.32 Å². The SMILES string of the molecule is CC(CNC(C)c1ccc2c(c1)CCC2)CN1CCCC1. The minimum atomic E-state index is 0.469. The molecule has 0 bridgehead atoms. The molecule has 2 heteroatoms. The Morgan fingerprint density at radius 3 is 2.62 bits per heavy atom. The van der Waals surface area contributed by atoms with E-state index in [1.807, 2.05) is 0 Å². The fourth-order valence-electron chi connectivity index (χ4n) is 3.83. The van der Waals surface area contributed by atoms with Gasteiger partial charge in [-0.1, -0.05) is 25.1 Å². The molecule has 1 aliphatic heterocycles. The second-order valence-electron chi connectivity index (χ2n) is 7.12. The molecule has 1 aromatic carbocycles. The second kappa shape index (κ2) is 6.93. The lowest BCUT2D eigenvalue weighted by Gasteiger charge is -2.23. The van der Waals surface area contributed by atoms with Crippen molar-refractivity contribution in [2.24, 2.45) is 5.92 Å². The number of nitrogens with zero attached hydrogens (tertiary/aromatic N) is 1. The lowest BCUT2D eigenvalue weighted by molar-refractivity contribution is 0.279. The number of rotatable bonds is 6. The summed E-state index contributed by atoms with van der Waals surface area (Å²) in [5.41, 5.74) is 4.63. The van der Waals surface area contributed by atoms with E-state index in [1.54, 1.807) is 11.1 Å². The summed E-state index contributed by atoms with van der Waals surface area (Å²) in [7, 11) is 0. The summed E-state index contributed by atoms with van der Waals surface area (Å²) in [6.07, 6.45) is 6.69. The molecular weight excluding hydrogens is 256 g/mol. The van der Waals surface area contributed by atoms with Gasteiger partial charge in [-0.15, -0.1) is 0 Å². The van der Waals surface area contributed by atoms with E-state index >= 15 is 0 Å². The van der Waals surface area contributed by atoms with Gasteiger partial charge in [0.2, 0.25) is 0 Å². The van der Waals surface area contributed by atoms with Crippen LogP contribution in [-0.4, -0.2) is 31.1 Å². The van der Waals surface area contributed by atoms with Crippen LogP contribution >= 0.6 is 0 Å². The zero-order valence-electron chi connectivity index (χ0n) is 13.7. The summed E-state index contributed by atoms with van der Waals surface area (Å²) in [5.74, 6) is 0.736. The molecular formula is C19H30N2. The van der Waals surface area contributed by atoms with Gasteiger partial charge in [0.15, 0.2) is 0 Å². The third-order valence-electron chi connectivity index (χ3n) is 5.16. The van der Waals surface area contributed by atoms with E-state index < -0.39 is 0 Å². The van der Waals surface area contributed by atoms with Crippen LogP contribution in [0.15, 0.2) is 18.2 Å². The van der Waals surface area contributed by atoms with Crippen molar-refractivity contribution in [1.82, 2.24) is 10.2 Å². The highest BCUT2D eigenvalue weighted by Gasteiger charge is 2.16. The van der Waals surface area contributed by atoms with E-state index in [0.29, 0.717) is 6.04 Å². The summed E-state index contributed by atoms with van der Waals surface area (Å²) in [6, 6.07) is 7.58. The molecule has 2 aliphatic rings. The first kappa shape index (κ1) is 15.1. The molecule has 2 nitrogen and oxygen atoms in total. The predicted molar refractivity (Wildman–Crippen MR) is 89.7 cm³/mol. The van der Waals surface area contributed by atoms with Crippen molar-refractivity contribution in [3.63, 3.8) is 0 Å². The number of hydrogen-bond donors (Lipinski definition) is 1. The summed E-state index contributed by atoms with van der Waals surface area (Å²) in [5, 5.41) is 3.74. The van der Waals surface area contributed by atoms with Crippen molar-refractivity contribution in [2.45, 2.75) is 52.0 Å². The Morgan fingerprint density at radius 1 is 1.05 bits per heavy atom. The standard InChI is InChI=1S/C19H30N2/c1-15(14-21-10-3-4-11-21)13-20-16(2)18-9-8-17-6-5-7-19(17)12-18/h8-9,12,15-16,20H,3-7,10-11,13-14H2,1-2H3. The van der Waals surface area contributed by atoms with Crippen molar-refractivity contribution in [1.29, 1.82) is 0 Å². The van der Waals surface area contributed by atoms with E-state index in [0.717, 1.165) is 12.5 Å². The van der Waals surface area contributed by atoms with Gasteiger partial charge in [0.05, 0.1) is 0 Å². The highest BCUT2D eigenvalue weighted by molar-refractivity contribution is 5.36. The van der Waals surface area contributed by atoms with Gasteiger partial charge < -0.3 is 10.2 Å². The fourth-order valence-corrected chi connectivity index (χ4v) is 3.83. The number of fused-ring (bicyclic) bond motifs is 1. The van der Waals surface area contributed by atoms with Crippen LogP contribution in [0.2, 0.25) is 0 Å². The normalized spacial score (nSPS) is 21.4. The van der Waals surface area contributed by atoms with Crippen LogP contribution in [0.25, 0.3) is 0 Å². The molecule has 2 unspecified atom stereocenters. The number of nitrogens with one attached hydrogen (secondary N) is 1. The van der Waals surface area contributed by atoms with Crippen molar-refractivity contribution in [2.75, 3.05) is 26.2 Å². The van der Waals surface area contributed by atoms with Crippen molar-refractivity contribution >= 4 is 0 Å². The van der Waals surface area contributed by atoms with Gasteiger partial charge in [-0.3, -0.25) is 0 Å². The molecule has 1 saturated heterocycles. The molecule has 0 radical (unpaired) electrons. The van der Waals surface area contributed by atoms with Crippen LogP contribution in [0, 0.1) is 5.92 Å². The summed E-state index contributed by atoms with van der Waals surface area (Å²) < 4.78 is 0. The average molecular weight is 286 g/mol. The largest absolute Gasteiger partial charge is 0.310 e. The Hall–Kier alpha value is -0.860. The Kier molecular flexibility index (Phi) is 4.97. The predicted octanol–water partition coefficient (Wildman–Crippen LogP) is 3.56. The molecule has 116 valence electrons. The fraction of sp³-hybridized carbons (Fsp3) is 0.684. The molecule has 1 aromatic rings. The monoisotopic (exact) mass is 286 g/mol. The van der Waals surface area contributed by atoms with Crippen molar-refractivity contribution in [3.05, 3.63) is 34.9 Å². The van der Waals surface area contributed by atoms with Crippen LogP contribution in [0.4, 0.5) is 0 Å². The van der Waals surface area contributed by atoms with Gasteiger partial charge in [-0.05, 0) is 81.3 Å².